The monoisotopic (exact) mass is 138 g/mol. The summed E-state index contributed by atoms with van der Waals surface area (Å²) in [7, 11) is 0. The molecule has 0 aromatic carbocycles. The molecule has 4 heteroatoms. The zero-order valence-corrected chi connectivity index (χ0v) is 6.34. The van der Waals surface area contributed by atoms with Crippen LogP contribution in [0.4, 0.5) is 0 Å². The first-order valence-corrected chi connectivity index (χ1v) is 1.86. The number of halogens is 2. The van der Waals surface area contributed by atoms with Gasteiger partial charge in [-0.25, -0.2) is 0 Å². The summed E-state index contributed by atoms with van der Waals surface area (Å²) in [5.74, 6) is 0. The van der Waals surface area contributed by atoms with Gasteiger partial charge in [0.15, 0.2) is 0 Å². The van der Waals surface area contributed by atoms with E-state index in [1.165, 1.54) is 6.92 Å². The van der Waals surface area contributed by atoms with Crippen molar-refractivity contribution >= 4 is 46.3 Å². The predicted octanol–water partition coefficient (Wildman–Crippen LogP) is 0.749. The summed E-state index contributed by atoms with van der Waals surface area (Å²) in [6.07, 6.45) is 0. The maximum Gasteiger partial charge on any atom is 0.212 e. The lowest BCUT2D eigenvalue weighted by Crippen LogP contribution is -2.00. The first kappa shape index (κ1) is 10.3. The van der Waals surface area contributed by atoms with Gasteiger partial charge in [0.2, 0.25) is 4.52 Å². The third-order valence-electron chi connectivity index (χ3n) is 0. The number of hydrogen-bond donors (Lipinski definition) is 1. The summed E-state index contributed by atoms with van der Waals surface area (Å²) in [4.78, 5) is 0. The highest BCUT2D eigenvalue weighted by Gasteiger charge is 2.05. The second-order valence-corrected chi connectivity index (χ2v) is 2.51. The molecular formula is C2H4Cl2MgO. The fourth-order valence-corrected chi connectivity index (χ4v) is 0. The minimum Gasteiger partial charge on any atom is -0.363 e. The second-order valence-electron chi connectivity index (χ2n) is 0.842. The van der Waals surface area contributed by atoms with Crippen LogP contribution in [0.2, 0.25) is 0 Å². The predicted molar refractivity (Wildman–Crippen MR) is 28.1 cm³/mol. The molecule has 0 spiro atoms. The molecule has 1 N–H and O–H groups in total. The van der Waals surface area contributed by atoms with Gasteiger partial charge in [-0.3, -0.25) is 0 Å². The Morgan fingerprint density at radius 2 is 1.50 bits per heavy atom. The average Bonchev–Trinajstić information content (AvgIpc) is 0.722. The average molecular weight is 139 g/mol. The van der Waals surface area contributed by atoms with Gasteiger partial charge in [0, 0.05) is 23.1 Å². The van der Waals surface area contributed by atoms with Gasteiger partial charge in [-0.1, -0.05) is 23.2 Å². The fraction of sp³-hybridized carbons (Fsp3) is 1.00. The van der Waals surface area contributed by atoms with Crippen LogP contribution in [0.3, 0.4) is 0 Å². The van der Waals surface area contributed by atoms with Gasteiger partial charge in [-0.2, -0.15) is 0 Å². The molecule has 0 heterocycles. The van der Waals surface area contributed by atoms with E-state index in [-0.39, 0.29) is 23.1 Å². The molecule has 0 aliphatic rings. The van der Waals surface area contributed by atoms with Crippen LogP contribution >= 0.6 is 23.2 Å². The molecule has 0 saturated carbocycles. The SMILES string of the molecule is CC(O)(Cl)Cl.[Mg]. The molecule has 0 fully saturated rings. The number of hydrogen-bond acceptors (Lipinski definition) is 1. The van der Waals surface area contributed by atoms with E-state index in [0.29, 0.717) is 0 Å². The summed E-state index contributed by atoms with van der Waals surface area (Å²) in [6.45, 7) is 1.27. The highest BCUT2D eigenvalue weighted by molar-refractivity contribution is 6.46. The van der Waals surface area contributed by atoms with Crippen LogP contribution in [-0.4, -0.2) is 32.7 Å². The van der Waals surface area contributed by atoms with E-state index in [2.05, 4.69) is 0 Å². The maximum absolute atomic E-state index is 8.05. The van der Waals surface area contributed by atoms with E-state index >= 15 is 0 Å². The lowest BCUT2D eigenvalue weighted by Gasteiger charge is -1.97. The molecule has 0 rings (SSSR count). The van der Waals surface area contributed by atoms with Crippen LogP contribution in [0.5, 0.6) is 0 Å². The van der Waals surface area contributed by atoms with Crippen molar-refractivity contribution in [1.82, 2.24) is 0 Å². The van der Waals surface area contributed by atoms with Gasteiger partial charge in [0.05, 0.1) is 0 Å². The molecule has 0 atom stereocenters. The Morgan fingerprint density at radius 3 is 1.50 bits per heavy atom. The normalized spacial score (nSPS) is 10.0. The van der Waals surface area contributed by atoms with Crippen molar-refractivity contribution in [2.24, 2.45) is 0 Å². The molecule has 2 radical (unpaired) electrons. The Kier molecular flexibility index (Phi) is 5.72. The lowest BCUT2D eigenvalue weighted by molar-refractivity contribution is 0.236. The zero-order valence-electron chi connectivity index (χ0n) is 3.41. The number of alkyl halides is 2. The first-order chi connectivity index (χ1) is 2.00. The zero-order chi connectivity index (χ0) is 4.50. The van der Waals surface area contributed by atoms with E-state index in [9.17, 15) is 0 Å². The smallest absolute Gasteiger partial charge is 0.212 e. The van der Waals surface area contributed by atoms with Crippen LogP contribution in [-0.2, 0) is 0 Å². The van der Waals surface area contributed by atoms with Crippen LogP contribution in [0.25, 0.3) is 0 Å². The van der Waals surface area contributed by atoms with E-state index in [1.54, 1.807) is 0 Å². The highest BCUT2D eigenvalue weighted by Crippen LogP contribution is 2.12. The molecule has 34 valence electrons. The molecule has 0 bridgehead atoms. The van der Waals surface area contributed by atoms with Crippen LogP contribution < -0.4 is 0 Å². The van der Waals surface area contributed by atoms with Gasteiger partial charge >= 0.3 is 0 Å². The Bertz CT molecular complexity index is 27.0. The van der Waals surface area contributed by atoms with E-state index in [4.69, 9.17) is 28.3 Å². The Morgan fingerprint density at radius 1 is 1.50 bits per heavy atom. The third-order valence-corrected chi connectivity index (χ3v) is 0. The van der Waals surface area contributed by atoms with Crippen molar-refractivity contribution in [2.45, 2.75) is 11.4 Å². The van der Waals surface area contributed by atoms with Crippen molar-refractivity contribution < 1.29 is 5.11 Å². The van der Waals surface area contributed by atoms with Crippen LogP contribution in [0.1, 0.15) is 6.92 Å². The fourth-order valence-electron chi connectivity index (χ4n) is 0. The van der Waals surface area contributed by atoms with Gasteiger partial charge in [-0.05, 0) is 6.92 Å². The molecule has 1 nitrogen and oxygen atoms in total. The molecule has 6 heavy (non-hydrogen) atoms. The quantitative estimate of drug-likeness (QED) is 0.388. The second kappa shape index (κ2) is 3.33. The van der Waals surface area contributed by atoms with Crippen molar-refractivity contribution in [2.75, 3.05) is 0 Å². The summed E-state index contributed by atoms with van der Waals surface area (Å²) in [5.41, 5.74) is 0. The molecular weight excluding hydrogens is 135 g/mol. The Labute approximate surface area is 62.8 Å². The standard InChI is InChI=1S/C2H4Cl2O.Mg/c1-2(3,4)5;/h5H,1H3;. The highest BCUT2D eigenvalue weighted by atomic mass is 35.5. The maximum atomic E-state index is 8.05. The molecule has 0 saturated heterocycles. The van der Waals surface area contributed by atoms with Gasteiger partial charge in [-0.15, -0.1) is 0 Å². The molecule has 0 unspecified atom stereocenters. The molecule has 0 amide bonds. The van der Waals surface area contributed by atoms with Crippen molar-refractivity contribution in [3.63, 3.8) is 0 Å². The number of aliphatic hydroxyl groups is 1. The van der Waals surface area contributed by atoms with Crippen LogP contribution in [0, 0.1) is 0 Å². The molecule has 0 aliphatic carbocycles. The number of rotatable bonds is 0. The summed E-state index contributed by atoms with van der Waals surface area (Å²) in [5, 5.41) is 8.05. The van der Waals surface area contributed by atoms with Gasteiger partial charge in [0.25, 0.3) is 0 Å². The van der Waals surface area contributed by atoms with Crippen molar-refractivity contribution in [3.8, 4) is 0 Å². The summed E-state index contributed by atoms with van der Waals surface area (Å²) in [6, 6.07) is 0. The first-order valence-electron chi connectivity index (χ1n) is 1.10. The molecule has 0 aromatic rings. The van der Waals surface area contributed by atoms with Crippen LogP contribution in [0.15, 0.2) is 0 Å². The van der Waals surface area contributed by atoms with E-state index in [1.807, 2.05) is 0 Å². The lowest BCUT2D eigenvalue weighted by atomic mass is 10.9. The van der Waals surface area contributed by atoms with Crippen molar-refractivity contribution in [3.05, 3.63) is 0 Å². The molecule has 0 aliphatic heterocycles. The third kappa shape index (κ3) is 57.7. The van der Waals surface area contributed by atoms with E-state index in [0.717, 1.165) is 0 Å². The van der Waals surface area contributed by atoms with Gasteiger partial charge < -0.3 is 5.11 Å². The topological polar surface area (TPSA) is 20.2 Å². The molecule has 0 aromatic heterocycles. The van der Waals surface area contributed by atoms with E-state index < -0.39 is 4.52 Å². The van der Waals surface area contributed by atoms with Gasteiger partial charge in [0.1, 0.15) is 0 Å². The largest absolute Gasteiger partial charge is 0.363 e. The summed E-state index contributed by atoms with van der Waals surface area (Å²) >= 11 is 9.70. The minimum absolute atomic E-state index is 0. The Hall–Kier alpha value is 1.31. The Balaban J connectivity index is 0. The minimum atomic E-state index is -1.56. The summed E-state index contributed by atoms with van der Waals surface area (Å²) < 4.78 is -1.56. The van der Waals surface area contributed by atoms with Crippen molar-refractivity contribution in [1.29, 1.82) is 0 Å².